The first-order valence-electron chi connectivity index (χ1n) is 6.72. The molecule has 0 spiro atoms. The molecule has 0 saturated carbocycles. The summed E-state index contributed by atoms with van der Waals surface area (Å²) in [4.78, 5) is 15.9. The topological polar surface area (TPSA) is 35.6 Å². The number of rotatable bonds is 8. The Balaban J connectivity index is 2.17. The van der Waals surface area contributed by atoms with Crippen molar-refractivity contribution in [3.05, 3.63) is 35.9 Å². The van der Waals surface area contributed by atoms with Crippen molar-refractivity contribution >= 4 is 5.91 Å². The van der Waals surface area contributed by atoms with Crippen molar-refractivity contribution in [2.45, 2.75) is 13.0 Å². The van der Waals surface area contributed by atoms with Crippen LogP contribution in [0.15, 0.2) is 30.3 Å². The third-order valence-corrected chi connectivity index (χ3v) is 2.81. The van der Waals surface area contributed by atoms with E-state index in [-0.39, 0.29) is 5.91 Å². The normalized spacial score (nSPS) is 11.0. The lowest BCUT2D eigenvalue weighted by atomic mass is 10.2. The summed E-state index contributed by atoms with van der Waals surface area (Å²) < 4.78 is 0. The summed E-state index contributed by atoms with van der Waals surface area (Å²) in [7, 11) is 6.04. The van der Waals surface area contributed by atoms with Gasteiger partial charge in [-0.2, -0.15) is 0 Å². The summed E-state index contributed by atoms with van der Waals surface area (Å²) in [6.45, 7) is 2.99. The van der Waals surface area contributed by atoms with Crippen LogP contribution in [0.3, 0.4) is 0 Å². The van der Waals surface area contributed by atoms with Crippen LogP contribution in [0.2, 0.25) is 0 Å². The molecule has 4 nitrogen and oxygen atoms in total. The predicted octanol–water partition coefficient (Wildman–Crippen LogP) is 1.19. The van der Waals surface area contributed by atoms with E-state index in [1.807, 2.05) is 44.2 Å². The predicted molar refractivity (Wildman–Crippen MR) is 79.0 cm³/mol. The number of likely N-dealkylation sites (N-methyl/N-ethyl adjacent to an activating group) is 1. The Hall–Kier alpha value is -1.39. The van der Waals surface area contributed by atoms with E-state index in [4.69, 9.17) is 0 Å². The maximum absolute atomic E-state index is 11.7. The van der Waals surface area contributed by atoms with Gasteiger partial charge in [-0.1, -0.05) is 30.3 Å². The molecule has 1 aromatic rings. The van der Waals surface area contributed by atoms with Gasteiger partial charge in [0.15, 0.2) is 0 Å². The van der Waals surface area contributed by atoms with Gasteiger partial charge < -0.3 is 10.2 Å². The zero-order valence-corrected chi connectivity index (χ0v) is 12.2. The maximum Gasteiger partial charge on any atom is 0.234 e. The van der Waals surface area contributed by atoms with Crippen LogP contribution >= 0.6 is 0 Å². The van der Waals surface area contributed by atoms with Crippen molar-refractivity contribution in [3.63, 3.8) is 0 Å². The molecule has 4 heteroatoms. The molecule has 0 unspecified atom stereocenters. The molecule has 1 amide bonds. The van der Waals surface area contributed by atoms with Gasteiger partial charge in [-0.05, 0) is 39.7 Å². The number of nitrogens with zero attached hydrogens (tertiary/aromatic N) is 2. The molecule has 1 aromatic carbocycles. The molecule has 0 aliphatic heterocycles. The fourth-order valence-electron chi connectivity index (χ4n) is 1.88. The van der Waals surface area contributed by atoms with E-state index >= 15 is 0 Å². The van der Waals surface area contributed by atoms with Crippen LogP contribution in [0.25, 0.3) is 0 Å². The van der Waals surface area contributed by atoms with Gasteiger partial charge in [0.2, 0.25) is 5.91 Å². The lowest BCUT2D eigenvalue weighted by Crippen LogP contribution is -2.36. The SMILES string of the molecule is CN(C)CCCNC(=O)CN(C)Cc1ccccc1. The van der Waals surface area contributed by atoms with E-state index in [0.717, 1.165) is 26.1 Å². The number of carbonyl (C=O) groups is 1. The molecule has 1 rings (SSSR count). The second-order valence-corrected chi connectivity index (χ2v) is 5.16. The van der Waals surface area contributed by atoms with E-state index in [1.54, 1.807) is 0 Å². The fraction of sp³-hybridized carbons (Fsp3) is 0.533. The molecule has 1 N–H and O–H groups in total. The summed E-state index contributed by atoms with van der Waals surface area (Å²) in [5.41, 5.74) is 1.23. The quantitative estimate of drug-likeness (QED) is 0.716. The summed E-state index contributed by atoms with van der Waals surface area (Å²) in [6.07, 6.45) is 0.987. The summed E-state index contributed by atoms with van der Waals surface area (Å²) in [6, 6.07) is 10.2. The summed E-state index contributed by atoms with van der Waals surface area (Å²) in [5.74, 6) is 0.0946. The second-order valence-electron chi connectivity index (χ2n) is 5.16. The Morgan fingerprint density at radius 2 is 1.84 bits per heavy atom. The number of benzene rings is 1. The molecule has 0 aliphatic carbocycles. The van der Waals surface area contributed by atoms with Crippen LogP contribution < -0.4 is 5.32 Å². The average molecular weight is 263 g/mol. The van der Waals surface area contributed by atoms with Crippen LogP contribution in [0, 0.1) is 0 Å². The van der Waals surface area contributed by atoms with Gasteiger partial charge in [0.25, 0.3) is 0 Å². The Kier molecular flexibility index (Phi) is 7.15. The lowest BCUT2D eigenvalue weighted by Gasteiger charge is -2.16. The summed E-state index contributed by atoms with van der Waals surface area (Å²) >= 11 is 0. The fourth-order valence-corrected chi connectivity index (χ4v) is 1.88. The number of hydrogen-bond donors (Lipinski definition) is 1. The van der Waals surface area contributed by atoms with Crippen LogP contribution in [0.5, 0.6) is 0 Å². The molecule has 0 bridgehead atoms. The molecular formula is C15H25N3O. The minimum Gasteiger partial charge on any atom is -0.355 e. The van der Waals surface area contributed by atoms with Gasteiger partial charge >= 0.3 is 0 Å². The highest BCUT2D eigenvalue weighted by molar-refractivity contribution is 5.77. The van der Waals surface area contributed by atoms with Crippen molar-refractivity contribution in [1.29, 1.82) is 0 Å². The van der Waals surface area contributed by atoms with Gasteiger partial charge in [0.05, 0.1) is 6.54 Å². The lowest BCUT2D eigenvalue weighted by molar-refractivity contribution is -0.122. The molecule has 0 aliphatic rings. The Labute approximate surface area is 116 Å². The third-order valence-electron chi connectivity index (χ3n) is 2.81. The standard InChI is InChI=1S/C15H25N3O/c1-17(2)11-7-10-16-15(19)13-18(3)12-14-8-5-4-6-9-14/h4-6,8-9H,7,10-13H2,1-3H3,(H,16,19). The molecule has 106 valence electrons. The van der Waals surface area contributed by atoms with E-state index in [0.29, 0.717) is 6.54 Å². The molecule has 0 fully saturated rings. The molecular weight excluding hydrogens is 238 g/mol. The number of nitrogens with one attached hydrogen (secondary N) is 1. The van der Waals surface area contributed by atoms with Gasteiger partial charge in [-0.25, -0.2) is 0 Å². The molecule has 0 radical (unpaired) electrons. The van der Waals surface area contributed by atoms with Crippen LogP contribution in [0.4, 0.5) is 0 Å². The molecule has 0 saturated heterocycles. The second kappa shape index (κ2) is 8.67. The van der Waals surface area contributed by atoms with Crippen molar-refractivity contribution in [3.8, 4) is 0 Å². The largest absolute Gasteiger partial charge is 0.355 e. The van der Waals surface area contributed by atoms with Gasteiger partial charge in [-0.15, -0.1) is 0 Å². The van der Waals surface area contributed by atoms with E-state index in [1.165, 1.54) is 5.56 Å². The van der Waals surface area contributed by atoms with Crippen LogP contribution in [0.1, 0.15) is 12.0 Å². The summed E-state index contributed by atoms with van der Waals surface area (Å²) in [5, 5.41) is 2.95. The first-order valence-corrected chi connectivity index (χ1v) is 6.72. The van der Waals surface area contributed by atoms with Crippen molar-refractivity contribution in [1.82, 2.24) is 15.1 Å². The van der Waals surface area contributed by atoms with Crippen molar-refractivity contribution in [2.75, 3.05) is 40.8 Å². The van der Waals surface area contributed by atoms with Crippen LogP contribution in [-0.4, -0.2) is 56.5 Å². The molecule has 19 heavy (non-hydrogen) atoms. The highest BCUT2D eigenvalue weighted by atomic mass is 16.2. The Morgan fingerprint density at radius 3 is 2.47 bits per heavy atom. The zero-order chi connectivity index (χ0) is 14.1. The first-order chi connectivity index (χ1) is 9.08. The first kappa shape index (κ1) is 15.7. The monoisotopic (exact) mass is 263 g/mol. The zero-order valence-electron chi connectivity index (χ0n) is 12.2. The van der Waals surface area contributed by atoms with Gasteiger partial charge in [-0.3, -0.25) is 9.69 Å². The molecule has 0 heterocycles. The highest BCUT2D eigenvalue weighted by Crippen LogP contribution is 2.01. The number of carbonyl (C=O) groups excluding carboxylic acids is 1. The van der Waals surface area contributed by atoms with E-state index in [9.17, 15) is 4.79 Å². The average Bonchev–Trinajstić information content (AvgIpc) is 2.35. The molecule has 0 aromatic heterocycles. The van der Waals surface area contributed by atoms with Gasteiger partial charge in [0.1, 0.15) is 0 Å². The number of amides is 1. The van der Waals surface area contributed by atoms with E-state index < -0.39 is 0 Å². The minimum atomic E-state index is 0.0946. The van der Waals surface area contributed by atoms with Crippen molar-refractivity contribution < 1.29 is 4.79 Å². The Morgan fingerprint density at radius 1 is 1.16 bits per heavy atom. The minimum absolute atomic E-state index is 0.0946. The Bertz CT molecular complexity index is 365. The van der Waals surface area contributed by atoms with E-state index in [2.05, 4.69) is 22.3 Å². The van der Waals surface area contributed by atoms with Gasteiger partial charge in [0, 0.05) is 13.1 Å². The number of hydrogen-bond acceptors (Lipinski definition) is 3. The van der Waals surface area contributed by atoms with Crippen LogP contribution in [-0.2, 0) is 11.3 Å². The maximum atomic E-state index is 11.7. The smallest absolute Gasteiger partial charge is 0.234 e. The van der Waals surface area contributed by atoms with Crippen molar-refractivity contribution in [2.24, 2.45) is 0 Å². The third kappa shape index (κ3) is 7.59. The highest BCUT2D eigenvalue weighted by Gasteiger charge is 2.06. The molecule has 0 atom stereocenters.